The minimum Gasteiger partial charge on any atom is -0.479 e. The molecule has 0 bridgehead atoms. The van der Waals surface area contributed by atoms with Crippen LogP contribution < -0.4 is 0 Å². The summed E-state index contributed by atoms with van der Waals surface area (Å²) >= 11 is 0. The fourth-order valence-electron chi connectivity index (χ4n) is 0.151. The molecule has 0 spiro atoms. The highest BCUT2D eigenvalue weighted by Crippen LogP contribution is 2.03. The maximum Gasteiger partial charge on any atom is 0.343 e. The van der Waals surface area contributed by atoms with Gasteiger partial charge in [0, 0.05) is 4.11 Å². The van der Waals surface area contributed by atoms with Gasteiger partial charge in [0.05, 0.1) is 0 Å². The Balaban J connectivity index is 5.17. The Labute approximate surface area is 56.3 Å². The molecule has 0 saturated carbocycles. The lowest BCUT2D eigenvalue weighted by atomic mass is 10.2. The van der Waals surface area contributed by atoms with Crippen LogP contribution in [-0.2, 0) is 9.59 Å². The van der Waals surface area contributed by atoms with E-state index in [1.807, 2.05) is 0 Å². The highest BCUT2D eigenvalue weighted by molar-refractivity contribution is 6.04. The van der Waals surface area contributed by atoms with Crippen LogP contribution in [0.5, 0.6) is 0 Å². The van der Waals surface area contributed by atoms with Gasteiger partial charge in [0.2, 0.25) is 5.60 Å². The van der Waals surface area contributed by atoms with E-state index >= 15 is 0 Å². The van der Waals surface area contributed by atoms with Gasteiger partial charge in [-0.25, -0.2) is 4.79 Å². The van der Waals surface area contributed by atoms with Crippen molar-refractivity contribution in [3.05, 3.63) is 0 Å². The monoisotopic (exact) mass is 137 g/mol. The molecule has 0 aliphatic heterocycles. The lowest BCUT2D eigenvalue weighted by molar-refractivity contribution is -0.162. The van der Waals surface area contributed by atoms with Crippen molar-refractivity contribution in [1.29, 1.82) is 0 Å². The summed E-state index contributed by atoms with van der Waals surface area (Å²) in [4.78, 5) is 20.8. The molecule has 4 nitrogen and oxygen atoms in total. The number of carbonyl (C=O) groups is 2. The summed E-state index contributed by atoms with van der Waals surface area (Å²) in [5.41, 5.74) is -3.28. The van der Waals surface area contributed by atoms with E-state index in [4.69, 9.17) is 14.3 Å². The molecule has 0 amide bonds. The topological polar surface area (TPSA) is 74.6 Å². The molecule has 0 radical (unpaired) electrons. The number of aliphatic hydroxyl groups is 1. The van der Waals surface area contributed by atoms with Crippen molar-refractivity contribution in [3.63, 3.8) is 0 Å². The van der Waals surface area contributed by atoms with Gasteiger partial charge < -0.3 is 10.2 Å². The van der Waals surface area contributed by atoms with E-state index in [9.17, 15) is 9.59 Å². The van der Waals surface area contributed by atoms with Crippen LogP contribution >= 0.6 is 0 Å². The van der Waals surface area contributed by atoms with Gasteiger partial charge >= 0.3 is 5.97 Å². The molecule has 0 saturated heterocycles. The van der Waals surface area contributed by atoms with Crippen molar-refractivity contribution < 1.29 is 23.9 Å². The molecular formula is C5H8O4. The SMILES string of the molecule is [2H][13C]([2H])([2H])[C@](O)(C([13CH3])=O)C(=O)O. The number of rotatable bonds is 2. The van der Waals surface area contributed by atoms with Crippen LogP contribution in [0.3, 0.4) is 0 Å². The highest BCUT2D eigenvalue weighted by atomic mass is 16.4. The van der Waals surface area contributed by atoms with E-state index in [1.54, 1.807) is 0 Å². The first-order chi connectivity index (χ1) is 5.14. The summed E-state index contributed by atoms with van der Waals surface area (Å²) in [6.45, 7) is -2.54. The molecule has 2 N–H and O–H groups in total. The van der Waals surface area contributed by atoms with Gasteiger partial charge in [-0.15, -0.1) is 0 Å². The van der Waals surface area contributed by atoms with Crippen LogP contribution in [0, 0.1) is 0 Å². The zero-order valence-corrected chi connectivity index (χ0v) is 4.71. The first kappa shape index (κ1) is 4.00. The molecule has 0 heterocycles. The van der Waals surface area contributed by atoms with Crippen molar-refractivity contribution in [3.8, 4) is 0 Å². The third-order valence-corrected chi connectivity index (χ3v) is 0.819. The third kappa shape index (κ3) is 1.50. The molecule has 1 atom stereocenters. The lowest BCUT2D eigenvalue weighted by Crippen LogP contribution is -2.41. The smallest absolute Gasteiger partial charge is 0.343 e. The quantitative estimate of drug-likeness (QED) is 0.394. The maximum absolute atomic E-state index is 10.6. The van der Waals surface area contributed by atoms with E-state index < -0.39 is 24.2 Å². The predicted molar refractivity (Wildman–Crippen MR) is 28.9 cm³/mol. The van der Waals surface area contributed by atoms with Crippen LogP contribution in [0.25, 0.3) is 0 Å². The average Bonchev–Trinajstić information content (AvgIpc) is 1.82. The van der Waals surface area contributed by atoms with Crippen molar-refractivity contribution in [2.24, 2.45) is 0 Å². The molecule has 0 aliphatic carbocycles. The van der Waals surface area contributed by atoms with Crippen molar-refractivity contribution in [2.45, 2.75) is 19.4 Å². The zero-order chi connectivity index (χ0) is 10.2. The highest BCUT2D eigenvalue weighted by Gasteiger charge is 2.35. The summed E-state index contributed by atoms with van der Waals surface area (Å²) in [5, 5.41) is 17.3. The van der Waals surface area contributed by atoms with E-state index in [1.165, 1.54) is 0 Å². The Morgan fingerprint density at radius 1 is 1.67 bits per heavy atom. The largest absolute Gasteiger partial charge is 0.479 e. The second-order valence-electron chi connectivity index (χ2n) is 1.57. The Morgan fingerprint density at radius 3 is 2.11 bits per heavy atom. The molecule has 0 aliphatic rings. The molecule has 0 aromatic carbocycles. The van der Waals surface area contributed by atoms with E-state index in [-0.39, 0.29) is 0 Å². The molecule has 4 heteroatoms. The number of carbonyl (C=O) groups excluding carboxylic acids is 1. The van der Waals surface area contributed by atoms with Crippen molar-refractivity contribution in [2.75, 3.05) is 0 Å². The van der Waals surface area contributed by atoms with Crippen LogP contribution in [0.4, 0.5) is 0 Å². The molecule has 9 heavy (non-hydrogen) atoms. The van der Waals surface area contributed by atoms with E-state index in [0.717, 1.165) is 0 Å². The number of hydrogen-bond donors (Lipinski definition) is 2. The first-order valence-corrected chi connectivity index (χ1v) is 2.11. The number of aliphatic carboxylic acids is 1. The van der Waals surface area contributed by atoms with Crippen LogP contribution in [-0.4, -0.2) is 27.6 Å². The lowest BCUT2D eigenvalue weighted by Gasteiger charge is -2.11. The number of carboxylic acids is 1. The van der Waals surface area contributed by atoms with Crippen LogP contribution in [0.2, 0.25) is 0 Å². The second kappa shape index (κ2) is 2.14. The van der Waals surface area contributed by atoms with Crippen LogP contribution in [0.15, 0.2) is 0 Å². The van der Waals surface area contributed by atoms with Crippen LogP contribution in [0.1, 0.15) is 17.9 Å². The third-order valence-electron chi connectivity index (χ3n) is 0.819. The van der Waals surface area contributed by atoms with Gasteiger partial charge in [-0.1, -0.05) is 0 Å². The average molecular weight is 137 g/mol. The number of carboxylic acid groups (broad SMARTS) is 1. The number of hydrogen-bond acceptors (Lipinski definition) is 3. The van der Waals surface area contributed by atoms with E-state index in [2.05, 4.69) is 0 Å². The Bertz CT molecular complexity index is 205. The summed E-state index contributed by atoms with van der Waals surface area (Å²) in [6.07, 6.45) is 0. The van der Waals surface area contributed by atoms with Gasteiger partial charge in [0.15, 0.2) is 5.78 Å². The van der Waals surface area contributed by atoms with Gasteiger partial charge in [-0.05, 0) is 13.8 Å². The summed E-state index contributed by atoms with van der Waals surface area (Å²) in [5.74, 6) is -3.37. The standard InChI is InChI=1S/C5H8O4/c1-3(6)5(2,9)4(7)8/h9H,1-2H3,(H,7,8)/t5-/m0/s1/i1+1,2+1D3. The molecule has 0 aromatic rings. The van der Waals surface area contributed by atoms with Gasteiger partial charge in [0.1, 0.15) is 0 Å². The Kier molecular flexibility index (Phi) is 0.954. The molecule has 0 rings (SSSR count). The normalized spacial score (nSPS) is 22.7. The van der Waals surface area contributed by atoms with Crippen molar-refractivity contribution in [1.82, 2.24) is 0 Å². The fraction of sp³-hybridized carbons (Fsp3) is 0.600. The maximum atomic E-state index is 10.6. The molecule has 52 valence electrons. The Morgan fingerprint density at radius 2 is 2.11 bits per heavy atom. The summed E-state index contributed by atoms with van der Waals surface area (Å²) in [7, 11) is 0. The van der Waals surface area contributed by atoms with E-state index in [0.29, 0.717) is 6.92 Å². The first-order valence-electron chi connectivity index (χ1n) is 3.61. The fourth-order valence-corrected chi connectivity index (χ4v) is 0.151. The Hall–Kier alpha value is -0.900. The zero-order valence-electron chi connectivity index (χ0n) is 7.71. The van der Waals surface area contributed by atoms with Gasteiger partial charge in [-0.2, -0.15) is 0 Å². The van der Waals surface area contributed by atoms with Crippen molar-refractivity contribution >= 4 is 11.8 Å². The summed E-state index contributed by atoms with van der Waals surface area (Å²) in [6, 6.07) is 0. The molecule has 0 aromatic heterocycles. The predicted octanol–water partition coefficient (Wildman–Crippen LogP) is -0.589. The second-order valence-corrected chi connectivity index (χ2v) is 1.57. The van der Waals surface area contributed by atoms with Gasteiger partial charge in [-0.3, -0.25) is 4.79 Å². The minimum absolute atomic E-state index is 0.709. The molecule has 0 fully saturated rings. The number of ketones is 1. The molecular weight excluding hydrogens is 126 g/mol. The van der Waals surface area contributed by atoms with Gasteiger partial charge in [0.25, 0.3) is 0 Å². The summed E-state index contributed by atoms with van der Waals surface area (Å²) < 4.78 is 19.9. The number of Topliss-reactive ketones (excluding diaryl/α,β-unsaturated/α-hetero) is 1. The molecule has 0 unspecified atom stereocenters. The minimum atomic E-state index is -3.28.